The van der Waals surface area contributed by atoms with Gasteiger partial charge in [0.2, 0.25) is 5.91 Å². The van der Waals surface area contributed by atoms with Crippen molar-refractivity contribution in [3.63, 3.8) is 0 Å². The van der Waals surface area contributed by atoms with Gasteiger partial charge in [0, 0.05) is 25.7 Å². The molecule has 0 radical (unpaired) electrons. The molecule has 0 fully saturated rings. The summed E-state index contributed by atoms with van der Waals surface area (Å²) in [5, 5.41) is 4.50. The van der Waals surface area contributed by atoms with E-state index in [1.54, 1.807) is 29.0 Å². The average molecular weight is 391 g/mol. The Morgan fingerprint density at radius 1 is 1.21 bits per heavy atom. The number of rotatable bonds is 6. The quantitative estimate of drug-likeness (QED) is 0.504. The standard InChI is InChI=1S/C21H21N5O3/c1-15-5-7-16(8-6-15)26(13-17-4-3-11-29-17)19(27)9-10-25-14-22-20-18(21(25)28)12-23-24(20)2/h3-8,11-12,14H,9-10,13H2,1-2H3. The normalized spacial score (nSPS) is 11.1. The second kappa shape index (κ2) is 7.75. The summed E-state index contributed by atoms with van der Waals surface area (Å²) >= 11 is 0. The Morgan fingerprint density at radius 2 is 2.00 bits per heavy atom. The Bertz CT molecular complexity index is 1190. The number of carbonyl (C=O) groups is 1. The Kier molecular flexibility index (Phi) is 4.99. The number of carbonyl (C=O) groups excluding carboxylic acids is 1. The van der Waals surface area contributed by atoms with Crippen molar-refractivity contribution in [3.8, 4) is 0 Å². The summed E-state index contributed by atoms with van der Waals surface area (Å²) in [6.07, 6.45) is 4.70. The Morgan fingerprint density at radius 3 is 2.72 bits per heavy atom. The van der Waals surface area contributed by atoms with Crippen molar-refractivity contribution in [2.24, 2.45) is 7.05 Å². The molecule has 0 aliphatic carbocycles. The van der Waals surface area contributed by atoms with E-state index in [2.05, 4.69) is 10.1 Å². The zero-order chi connectivity index (χ0) is 20.4. The maximum absolute atomic E-state index is 13.0. The third-order valence-electron chi connectivity index (χ3n) is 4.83. The van der Waals surface area contributed by atoms with Gasteiger partial charge in [-0.25, -0.2) is 4.98 Å². The number of benzene rings is 1. The first-order valence-electron chi connectivity index (χ1n) is 9.29. The number of furan rings is 1. The van der Waals surface area contributed by atoms with Gasteiger partial charge < -0.3 is 9.32 Å². The highest BCUT2D eigenvalue weighted by molar-refractivity contribution is 5.93. The van der Waals surface area contributed by atoms with Crippen LogP contribution in [-0.4, -0.2) is 25.2 Å². The molecule has 29 heavy (non-hydrogen) atoms. The lowest BCUT2D eigenvalue weighted by molar-refractivity contribution is -0.119. The molecule has 0 atom stereocenters. The van der Waals surface area contributed by atoms with Crippen molar-refractivity contribution in [1.29, 1.82) is 0 Å². The van der Waals surface area contributed by atoms with Gasteiger partial charge in [0.25, 0.3) is 5.56 Å². The SMILES string of the molecule is Cc1ccc(N(Cc2ccco2)C(=O)CCn2cnc3c(cnn3C)c2=O)cc1. The smallest absolute Gasteiger partial charge is 0.264 e. The average Bonchev–Trinajstić information content (AvgIpc) is 3.36. The molecule has 0 spiro atoms. The maximum atomic E-state index is 13.0. The van der Waals surface area contributed by atoms with Crippen LogP contribution in [0, 0.1) is 6.92 Å². The molecule has 0 aliphatic heterocycles. The Labute approximate surface area is 167 Å². The van der Waals surface area contributed by atoms with Crippen LogP contribution >= 0.6 is 0 Å². The van der Waals surface area contributed by atoms with Crippen LogP contribution in [0.5, 0.6) is 0 Å². The first kappa shape index (κ1) is 18.7. The number of aryl methyl sites for hydroxylation is 3. The van der Waals surface area contributed by atoms with Gasteiger partial charge in [-0.1, -0.05) is 17.7 Å². The number of aromatic nitrogens is 4. The predicted molar refractivity (Wildman–Crippen MR) is 108 cm³/mol. The molecule has 0 bridgehead atoms. The molecule has 1 amide bonds. The highest BCUT2D eigenvalue weighted by atomic mass is 16.3. The van der Waals surface area contributed by atoms with Crippen molar-refractivity contribution < 1.29 is 9.21 Å². The van der Waals surface area contributed by atoms with Crippen LogP contribution in [0.3, 0.4) is 0 Å². The van der Waals surface area contributed by atoms with E-state index >= 15 is 0 Å². The highest BCUT2D eigenvalue weighted by Gasteiger charge is 2.18. The highest BCUT2D eigenvalue weighted by Crippen LogP contribution is 2.20. The molecule has 3 aromatic heterocycles. The maximum Gasteiger partial charge on any atom is 0.264 e. The summed E-state index contributed by atoms with van der Waals surface area (Å²) in [6, 6.07) is 11.4. The summed E-state index contributed by atoms with van der Waals surface area (Å²) in [5.74, 6) is 0.581. The molecular formula is C21H21N5O3. The van der Waals surface area contributed by atoms with Crippen LogP contribution in [-0.2, 0) is 24.9 Å². The van der Waals surface area contributed by atoms with Gasteiger partial charge in [-0.05, 0) is 31.2 Å². The largest absolute Gasteiger partial charge is 0.467 e. The lowest BCUT2D eigenvalue weighted by atomic mass is 10.2. The second-order valence-electron chi connectivity index (χ2n) is 6.89. The third-order valence-corrected chi connectivity index (χ3v) is 4.83. The van der Waals surface area contributed by atoms with E-state index in [0.29, 0.717) is 23.3 Å². The summed E-state index contributed by atoms with van der Waals surface area (Å²) in [6.45, 7) is 2.55. The van der Waals surface area contributed by atoms with E-state index in [-0.39, 0.29) is 24.4 Å². The van der Waals surface area contributed by atoms with Crippen LogP contribution in [0.1, 0.15) is 17.7 Å². The van der Waals surface area contributed by atoms with Gasteiger partial charge in [0.05, 0.1) is 25.3 Å². The van der Waals surface area contributed by atoms with E-state index < -0.39 is 0 Å². The molecule has 0 unspecified atom stereocenters. The summed E-state index contributed by atoms with van der Waals surface area (Å²) in [7, 11) is 1.73. The van der Waals surface area contributed by atoms with Crippen LogP contribution < -0.4 is 10.5 Å². The number of amides is 1. The van der Waals surface area contributed by atoms with Gasteiger partial charge in [0.1, 0.15) is 11.1 Å². The van der Waals surface area contributed by atoms with E-state index in [9.17, 15) is 9.59 Å². The molecular weight excluding hydrogens is 370 g/mol. The summed E-state index contributed by atoms with van der Waals surface area (Å²) < 4.78 is 8.42. The minimum atomic E-state index is -0.205. The first-order chi connectivity index (χ1) is 14.0. The van der Waals surface area contributed by atoms with Gasteiger partial charge in [-0.15, -0.1) is 0 Å². The molecule has 8 nitrogen and oxygen atoms in total. The van der Waals surface area contributed by atoms with Crippen molar-refractivity contribution in [3.05, 3.63) is 76.9 Å². The van der Waals surface area contributed by atoms with E-state index in [0.717, 1.165) is 11.3 Å². The molecule has 148 valence electrons. The van der Waals surface area contributed by atoms with E-state index in [4.69, 9.17) is 4.42 Å². The number of hydrogen-bond acceptors (Lipinski definition) is 5. The third kappa shape index (κ3) is 3.82. The molecule has 1 aromatic carbocycles. The fraction of sp³-hybridized carbons (Fsp3) is 0.238. The monoisotopic (exact) mass is 391 g/mol. The van der Waals surface area contributed by atoms with Crippen molar-refractivity contribution in [1.82, 2.24) is 19.3 Å². The first-order valence-corrected chi connectivity index (χ1v) is 9.29. The second-order valence-corrected chi connectivity index (χ2v) is 6.89. The van der Waals surface area contributed by atoms with Crippen LogP contribution in [0.25, 0.3) is 11.0 Å². The van der Waals surface area contributed by atoms with Gasteiger partial charge in [-0.2, -0.15) is 5.10 Å². The van der Waals surface area contributed by atoms with Gasteiger partial charge in [-0.3, -0.25) is 18.8 Å². The zero-order valence-corrected chi connectivity index (χ0v) is 16.3. The van der Waals surface area contributed by atoms with E-state index in [1.807, 2.05) is 37.3 Å². The van der Waals surface area contributed by atoms with Crippen LogP contribution in [0.2, 0.25) is 0 Å². The Hall–Kier alpha value is -3.68. The number of nitrogens with zero attached hydrogens (tertiary/aromatic N) is 5. The molecule has 4 rings (SSSR count). The van der Waals surface area contributed by atoms with E-state index in [1.165, 1.54) is 17.1 Å². The minimum Gasteiger partial charge on any atom is -0.467 e. The number of anilines is 1. The molecule has 0 saturated carbocycles. The fourth-order valence-corrected chi connectivity index (χ4v) is 3.18. The number of fused-ring (bicyclic) bond motifs is 1. The lowest BCUT2D eigenvalue weighted by Gasteiger charge is -2.22. The minimum absolute atomic E-state index is 0.108. The van der Waals surface area contributed by atoms with Crippen molar-refractivity contribution in [2.45, 2.75) is 26.4 Å². The Balaban J connectivity index is 1.55. The summed E-state index contributed by atoms with van der Waals surface area (Å²) in [4.78, 5) is 31.6. The summed E-state index contributed by atoms with van der Waals surface area (Å²) in [5.41, 5.74) is 2.22. The predicted octanol–water partition coefficient (Wildman–Crippen LogP) is 2.65. The van der Waals surface area contributed by atoms with Crippen LogP contribution in [0.15, 0.2) is 64.4 Å². The molecule has 0 N–H and O–H groups in total. The van der Waals surface area contributed by atoms with Gasteiger partial charge >= 0.3 is 0 Å². The lowest BCUT2D eigenvalue weighted by Crippen LogP contribution is -2.32. The molecule has 0 saturated heterocycles. The fourth-order valence-electron chi connectivity index (χ4n) is 3.18. The zero-order valence-electron chi connectivity index (χ0n) is 16.3. The number of hydrogen-bond donors (Lipinski definition) is 0. The molecule has 3 heterocycles. The van der Waals surface area contributed by atoms with Crippen molar-refractivity contribution >= 4 is 22.6 Å². The topological polar surface area (TPSA) is 86.2 Å². The molecule has 0 aliphatic rings. The van der Waals surface area contributed by atoms with Crippen molar-refractivity contribution in [2.75, 3.05) is 4.90 Å². The van der Waals surface area contributed by atoms with Crippen LogP contribution in [0.4, 0.5) is 5.69 Å². The van der Waals surface area contributed by atoms with Gasteiger partial charge in [0.15, 0.2) is 5.65 Å². The molecule has 8 heteroatoms. The molecule has 4 aromatic rings.